The molecule has 5 heteroatoms. The summed E-state index contributed by atoms with van der Waals surface area (Å²) in [5.74, 6) is 0.395. The average Bonchev–Trinajstić information content (AvgIpc) is 3.15. The van der Waals surface area contributed by atoms with Gasteiger partial charge in [-0.1, -0.05) is 15.9 Å². The van der Waals surface area contributed by atoms with Crippen LogP contribution in [-0.4, -0.2) is 24.3 Å². The predicted molar refractivity (Wildman–Crippen MR) is 70.8 cm³/mol. The van der Waals surface area contributed by atoms with Crippen molar-refractivity contribution < 1.29 is 14.3 Å². The molecule has 1 aliphatic carbocycles. The van der Waals surface area contributed by atoms with Crippen LogP contribution in [0, 0.1) is 0 Å². The molecule has 2 rings (SSSR count). The first-order valence-corrected chi connectivity index (χ1v) is 6.61. The zero-order valence-corrected chi connectivity index (χ0v) is 11.6. The van der Waals surface area contributed by atoms with E-state index in [9.17, 15) is 9.59 Å². The summed E-state index contributed by atoms with van der Waals surface area (Å²) in [4.78, 5) is 22.5. The molecule has 1 aliphatic rings. The van der Waals surface area contributed by atoms with Crippen LogP contribution in [0.25, 0.3) is 0 Å². The minimum atomic E-state index is -0.564. The molecule has 1 unspecified atom stereocenters. The number of hydrogen-bond acceptors (Lipinski definition) is 3. The van der Waals surface area contributed by atoms with Crippen molar-refractivity contribution in [3.05, 3.63) is 28.2 Å². The Bertz CT molecular complexity index is 471. The number of nitrogens with one attached hydrogen (secondary N) is 1. The van der Waals surface area contributed by atoms with E-state index in [1.807, 2.05) is 0 Å². The first-order chi connectivity index (χ1) is 8.60. The first kappa shape index (κ1) is 13.1. The van der Waals surface area contributed by atoms with Gasteiger partial charge in [-0.15, -0.1) is 0 Å². The number of carbonyl (C=O) groups excluding carboxylic acids is 2. The van der Waals surface area contributed by atoms with Gasteiger partial charge in [-0.05, 0) is 38.0 Å². The number of hydrogen-bond donors (Lipinski definition) is 1. The molecule has 0 saturated heterocycles. The minimum Gasteiger partial charge on any atom is -0.481 e. The smallest absolute Gasteiger partial charge is 0.260 e. The number of ether oxygens (including phenoxy) is 1. The molecule has 0 bridgehead atoms. The minimum absolute atomic E-state index is 0.118. The Morgan fingerprint density at radius 3 is 2.89 bits per heavy atom. The molecule has 0 aliphatic heterocycles. The van der Waals surface area contributed by atoms with E-state index in [2.05, 4.69) is 21.2 Å². The van der Waals surface area contributed by atoms with Crippen LogP contribution >= 0.6 is 15.9 Å². The quantitative estimate of drug-likeness (QED) is 0.849. The van der Waals surface area contributed by atoms with Crippen molar-refractivity contribution in [2.75, 3.05) is 0 Å². The van der Waals surface area contributed by atoms with E-state index in [1.54, 1.807) is 25.1 Å². The Kier molecular flexibility index (Phi) is 4.01. The molecule has 96 valence electrons. The molecule has 0 spiro atoms. The number of halogens is 1. The van der Waals surface area contributed by atoms with E-state index < -0.39 is 6.10 Å². The van der Waals surface area contributed by atoms with Gasteiger partial charge in [0.1, 0.15) is 5.75 Å². The zero-order chi connectivity index (χ0) is 13.1. The van der Waals surface area contributed by atoms with Gasteiger partial charge in [0, 0.05) is 16.1 Å². The first-order valence-electron chi connectivity index (χ1n) is 5.82. The lowest BCUT2D eigenvalue weighted by molar-refractivity contribution is -0.127. The second kappa shape index (κ2) is 5.52. The van der Waals surface area contributed by atoms with Crippen molar-refractivity contribution in [2.45, 2.75) is 31.9 Å². The topological polar surface area (TPSA) is 55.4 Å². The second-order valence-corrected chi connectivity index (χ2v) is 5.20. The fraction of sp³-hybridized carbons (Fsp3) is 0.385. The van der Waals surface area contributed by atoms with Crippen molar-refractivity contribution >= 4 is 28.1 Å². The van der Waals surface area contributed by atoms with E-state index in [4.69, 9.17) is 4.74 Å². The van der Waals surface area contributed by atoms with Crippen LogP contribution in [0.1, 0.15) is 30.1 Å². The lowest BCUT2D eigenvalue weighted by Crippen LogP contribution is -2.37. The lowest BCUT2D eigenvalue weighted by Gasteiger charge is -2.14. The van der Waals surface area contributed by atoms with Gasteiger partial charge >= 0.3 is 0 Å². The van der Waals surface area contributed by atoms with Gasteiger partial charge < -0.3 is 10.1 Å². The highest BCUT2D eigenvalue weighted by Gasteiger charge is 2.26. The normalized spacial score (nSPS) is 15.9. The molecule has 0 radical (unpaired) electrons. The van der Waals surface area contributed by atoms with E-state index in [0.717, 1.165) is 19.1 Å². The van der Waals surface area contributed by atoms with Crippen molar-refractivity contribution in [3.8, 4) is 5.75 Å². The largest absolute Gasteiger partial charge is 0.481 e. The number of carbonyl (C=O) groups is 2. The molecule has 1 aromatic rings. The molecule has 1 atom stereocenters. The summed E-state index contributed by atoms with van der Waals surface area (Å²) in [6.45, 7) is 1.69. The predicted octanol–water partition coefficient (Wildman–Crippen LogP) is 2.31. The molecule has 1 aromatic carbocycles. The summed E-state index contributed by atoms with van der Waals surface area (Å²) in [5, 5.41) is 2.87. The van der Waals surface area contributed by atoms with Crippen LogP contribution in [0.3, 0.4) is 0 Å². The molecule has 1 N–H and O–H groups in total. The van der Waals surface area contributed by atoms with Crippen LogP contribution in [-0.2, 0) is 4.79 Å². The summed E-state index contributed by atoms with van der Waals surface area (Å²) in [7, 11) is 0. The molecule has 1 amide bonds. The highest BCUT2D eigenvalue weighted by Crippen LogP contribution is 2.22. The highest BCUT2D eigenvalue weighted by molar-refractivity contribution is 9.10. The summed E-state index contributed by atoms with van der Waals surface area (Å²) < 4.78 is 6.22. The van der Waals surface area contributed by atoms with Crippen LogP contribution in [0.5, 0.6) is 5.75 Å². The second-order valence-electron chi connectivity index (χ2n) is 4.34. The van der Waals surface area contributed by atoms with Crippen molar-refractivity contribution in [1.82, 2.24) is 5.32 Å². The summed E-state index contributed by atoms with van der Waals surface area (Å²) in [6.07, 6.45) is 2.27. The van der Waals surface area contributed by atoms with Gasteiger partial charge in [0.2, 0.25) is 0 Å². The molecule has 1 fully saturated rings. The molecule has 0 heterocycles. The molecule has 0 aromatic heterocycles. The zero-order valence-electron chi connectivity index (χ0n) is 9.98. The van der Waals surface area contributed by atoms with E-state index in [-0.39, 0.29) is 5.91 Å². The Morgan fingerprint density at radius 1 is 1.56 bits per heavy atom. The summed E-state index contributed by atoms with van der Waals surface area (Å²) >= 11 is 3.26. The highest BCUT2D eigenvalue weighted by atomic mass is 79.9. The molecule has 1 saturated carbocycles. The van der Waals surface area contributed by atoms with Gasteiger partial charge in [-0.25, -0.2) is 0 Å². The maximum Gasteiger partial charge on any atom is 0.260 e. The average molecular weight is 312 g/mol. The Hall–Kier alpha value is -1.36. The standard InChI is InChI=1S/C13H14BrNO3/c1-8(13(17)15-10-2-3-10)18-11-4-5-12(14)9(6-11)7-16/h4-8,10H,2-3H2,1H3,(H,15,17). The van der Waals surface area contributed by atoms with E-state index >= 15 is 0 Å². The van der Waals surface area contributed by atoms with Gasteiger partial charge in [-0.2, -0.15) is 0 Å². The number of rotatable bonds is 5. The van der Waals surface area contributed by atoms with Crippen molar-refractivity contribution in [3.63, 3.8) is 0 Å². The monoisotopic (exact) mass is 311 g/mol. The van der Waals surface area contributed by atoms with Gasteiger partial charge in [0.25, 0.3) is 5.91 Å². The third-order valence-electron chi connectivity index (χ3n) is 2.70. The molecule has 18 heavy (non-hydrogen) atoms. The summed E-state index contributed by atoms with van der Waals surface area (Å²) in [5.41, 5.74) is 0.502. The maximum absolute atomic E-state index is 11.7. The van der Waals surface area contributed by atoms with Gasteiger partial charge in [0.05, 0.1) is 0 Å². The lowest BCUT2D eigenvalue weighted by atomic mass is 10.2. The fourth-order valence-corrected chi connectivity index (χ4v) is 1.83. The van der Waals surface area contributed by atoms with Crippen molar-refractivity contribution in [1.29, 1.82) is 0 Å². The van der Waals surface area contributed by atoms with Crippen molar-refractivity contribution in [2.24, 2.45) is 0 Å². The van der Waals surface area contributed by atoms with E-state index in [0.29, 0.717) is 21.8 Å². The molecular formula is C13H14BrNO3. The number of amides is 1. The molecular weight excluding hydrogens is 298 g/mol. The van der Waals surface area contributed by atoms with Crippen LogP contribution < -0.4 is 10.1 Å². The molecule has 4 nitrogen and oxygen atoms in total. The maximum atomic E-state index is 11.7. The van der Waals surface area contributed by atoms with Crippen LogP contribution in [0.15, 0.2) is 22.7 Å². The fourth-order valence-electron chi connectivity index (χ4n) is 1.49. The Labute approximate surface area is 114 Å². The Balaban J connectivity index is 1.99. The number of aldehydes is 1. The Morgan fingerprint density at radius 2 is 2.28 bits per heavy atom. The van der Waals surface area contributed by atoms with E-state index in [1.165, 1.54) is 0 Å². The third kappa shape index (κ3) is 3.32. The number of benzene rings is 1. The SMILES string of the molecule is CC(Oc1ccc(Br)c(C=O)c1)C(=O)NC1CC1. The third-order valence-corrected chi connectivity index (χ3v) is 3.42. The summed E-state index contributed by atoms with van der Waals surface area (Å²) in [6, 6.07) is 5.37. The van der Waals surface area contributed by atoms with Crippen LogP contribution in [0.4, 0.5) is 0 Å². The van der Waals surface area contributed by atoms with Crippen LogP contribution in [0.2, 0.25) is 0 Å². The van der Waals surface area contributed by atoms with Gasteiger partial charge in [0.15, 0.2) is 12.4 Å². The van der Waals surface area contributed by atoms with Gasteiger partial charge in [-0.3, -0.25) is 9.59 Å².